The average molecular weight is 372 g/mol. The highest BCUT2D eigenvalue weighted by molar-refractivity contribution is 5.12. The summed E-state index contributed by atoms with van der Waals surface area (Å²) in [6.45, 7) is 5.74. The number of aromatic nitrogens is 3. The number of ether oxygens (including phenoxy) is 2. The first kappa shape index (κ1) is 18.4. The first-order valence-corrected chi connectivity index (χ1v) is 9.79. The maximum absolute atomic E-state index is 6.14. The van der Waals surface area contributed by atoms with Crippen molar-refractivity contribution in [1.82, 2.24) is 20.1 Å². The van der Waals surface area contributed by atoms with Crippen LogP contribution in [0.25, 0.3) is 0 Å². The summed E-state index contributed by atoms with van der Waals surface area (Å²) in [6, 6.07) is 6.04. The molecule has 0 N–H and O–H groups in total. The minimum atomic E-state index is -0.106. The predicted molar refractivity (Wildman–Crippen MR) is 99.4 cm³/mol. The number of likely N-dealkylation sites (tertiary alicyclic amines) is 1. The van der Waals surface area contributed by atoms with Gasteiger partial charge in [-0.1, -0.05) is 19.9 Å². The third-order valence-electron chi connectivity index (χ3n) is 5.89. The summed E-state index contributed by atoms with van der Waals surface area (Å²) in [6.07, 6.45) is 5.81. The second-order valence-corrected chi connectivity index (χ2v) is 7.88. The van der Waals surface area contributed by atoms with Crippen molar-refractivity contribution in [3.05, 3.63) is 36.2 Å². The van der Waals surface area contributed by atoms with Crippen molar-refractivity contribution in [3.63, 3.8) is 0 Å². The van der Waals surface area contributed by atoms with Gasteiger partial charge in [-0.3, -0.25) is 4.90 Å². The van der Waals surface area contributed by atoms with Crippen molar-refractivity contribution in [1.29, 1.82) is 0 Å². The molecule has 146 valence electrons. The van der Waals surface area contributed by atoms with Crippen LogP contribution >= 0.6 is 0 Å². The highest BCUT2D eigenvalue weighted by atomic mass is 16.5. The van der Waals surface area contributed by atoms with Crippen molar-refractivity contribution in [2.45, 2.75) is 69.7 Å². The Kier molecular flexibility index (Phi) is 5.14. The lowest BCUT2D eigenvalue weighted by molar-refractivity contribution is -0.0850. The Bertz CT molecular complexity index is 751. The van der Waals surface area contributed by atoms with E-state index in [9.17, 15) is 0 Å². The maximum atomic E-state index is 6.14. The molecule has 2 aromatic rings. The first-order chi connectivity index (χ1) is 13.1. The van der Waals surface area contributed by atoms with Gasteiger partial charge in [0, 0.05) is 44.3 Å². The predicted octanol–water partition coefficient (Wildman–Crippen LogP) is 3.18. The Morgan fingerprint density at radius 3 is 2.89 bits per heavy atom. The zero-order valence-corrected chi connectivity index (χ0v) is 16.3. The Balaban J connectivity index is 1.47. The van der Waals surface area contributed by atoms with E-state index in [1.165, 1.54) is 0 Å². The highest BCUT2D eigenvalue weighted by Crippen LogP contribution is 2.43. The van der Waals surface area contributed by atoms with E-state index in [0.717, 1.165) is 32.2 Å². The van der Waals surface area contributed by atoms with Crippen LogP contribution in [0, 0.1) is 0 Å². The van der Waals surface area contributed by atoms with Gasteiger partial charge in [0.1, 0.15) is 6.10 Å². The lowest BCUT2D eigenvalue weighted by atomic mass is 9.79. The summed E-state index contributed by atoms with van der Waals surface area (Å²) >= 11 is 0. The van der Waals surface area contributed by atoms with Crippen molar-refractivity contribution in [2.75, 3.05) is 13.7 Å². The minimum absolute atomic E-state index is 0.106. The number of rotatable bonds is 6. The monoisotopic (exact) mass is 372 g/mol. The fourth-order valence-corrected chi connectivity index (χ4v) is 4.38. The fourth-order valence-electron chi connectivity index (χ4n) is 4.38. The Morgan fingerprint density at radius 2 is 2.19 bits per heavy atom. The van der Waals surface area contributed by atoms with Crippen molar-refractivity contribution in [2.24, 2.45) is 0 Å². The largest absolute Gasteiger partial charge is 0.474 e. The Morgan fingerprint density at radius 1 is 1.30 bits per heavy atom. The minimum Gasteiger partial charge on any atom is -0.474 e. The van der Waals surface area contributed by atoms with Gasteiger partial charge in [0.15, 0.2) is 0 Å². The molecule has 2 aliphatic rings. The summed E-state index contributed by atoms with van der Waals surface area (Å²) in [5.74, 6) is 2.31. The lowest BCUT2D eigenvalue weighted by Gasteiger charge is -2.43. The zero-order valence-electron chi connectivity index (χ0n) is 16.3. The molecule has 2 aromatic heterocycles. The van der Waals surface area contributed by atoms with Crippen LogP contribution in [0.4, 0.5) is 0 Å². The standard InChI is InChI=1S/C20H28N4O3/c1-14(2)19-23-22-18(27-19)13-24-11-9-20(25-3)8-7-15(12-16(20)24)26-17-6-4-5-10-21-17/h4-6,10,14-16H,7-9,11-13H2,1-3H3. The van der Waals surface area contributed by atoms with E-state index in [1.807, 2.05) is 25.3 Å². The third kappa shape index (κ3) is 3.71. The van der Waals surface area contributed by atoms with Crippen molar-refractivity contribution in [3.8, 4) is 5.88 Å². The fraction of sp³-hybridized carbons (Fsp3) is 0.650. The quantitative estimate of drug-likeness (QED) is 0.771. The van der Waals surface area contributed by atoms with Gasteiger partial charge in [0.25, 0.3) is 0 Å². The van der Waals surface area contributed by atoms with Gasteiger partial charge in [-0.25, -0.2) is 4.98 Å². The number of fused-ring (bicyclic) bond motifs is 1. The highest BCUT2D eigenvalue weighted by Gasteiger charge is 2.51. The van der Waals surface area contributed by atoms with Crippen LogP contribution in [0.2, 0.25) is 0 Å². The normalized spacial score (nSPS) is 28.4. The molecule has 1 saturated heterocycles. The number of hydrogen-bond donors (Lipinski definition) is 0. The lowest BCUT2D eigenvalue weighted by Crippen LogP contribution is -2.52. The number of pyridine rings is 1. The molecule has 0 radical (unpaired) electrons. The Hall–Kier alpha value is -1.99. The zero-order chi connectivity index (χ0) is 18.9. The van der Waals surface area contributed by atoms with E-state index in [2.05, 4.69) is 33.9 Å². The molecular weight excluding hydrogens is 344 g/mol. The van der Waals surface area contributed by atoms with Crippen molar-refractivity contribution >= 4 is 0 Å². The van der Waals surface area contributed by atoms with Crippen LogP contribution in [-0.2, 0) is 11.3 Å². The molecule has 0 amide bonds. The molecule has 7 heteroatoms. The van der Waals surface area contributed by atoms with E-state index in [4.69, 9.17) is 13.9 Å². The molecule has 27 heavy (non-hydrogen) atoms. The van der Waals surface area contributed by atoms with E-state index >= 15 is 0 Å². The molecule has 0 spiro atoms. The van der Waals surface area contributed by atoms with Crippen LogP contribution in [0.5, 0.6) is 5.88 Å². The molecule has 3 unspecified atom stereocenters. The Labute approximate surface area is 160 Å². The molecule has 3 atom stereocenters. The number of methoxy groups -OCH3 is 1. The molecule has 7 nitrogen and oxygen atoms in total. The average Bonchev–Trinajstić information content (AvgIpc) is 3.29. The van der Waals surface area contributed by atoms with Crippen LogP contribution in [0.15, 0.2) is 28.8 Å². The molecule has 0 bridgehead atoms. The smallest absolute Gasteiger partial charge is 0.230 e. The number of hydrogen-bond acceptors (Lipinski definition) is 7. The second-order valence-electron chi connectivity index (χ2n) is 7.88. The molecule has 2 fully saturated rings. The molecule has 1 saturated carbocycles. The summed E-state index contributed by atoms with van der Waals surface area (Å²) in [5.41, 5.74) is -0.106. The van der Waals surface area contributed by atoms with Gasteiger partial charge >= 0.3 is 0 Å². The summed E-state index contributed by atoms with van der Waals surface area (Å²) in [5, 5.41) is 8.40. The van der Waals surface area contributed by atoms with Gasteiger partial charge in [-0.05, 0) is 25.3 Å². The van der Waals surface area contributed by atoms with E-state index in [-0.39, 0.29) is 23.7 Å². The van der Waals surface area contributed by atoms with E-state index < -0.39 is 0 Å². The molecule has 1 aliphatic carbocycles. The van der Waals surface area contributed by atoms with Gasteiger partial charge < -0.3 is 13.9 Å². The van der Waals surface area contributed by atoms with Gasteiger partial charge in [-0.2, -0.15) is 0 Å². The molecular formula is C20H28N4O3. The van der Waals surface area contributed by atoms with Crippen LogP contribution in [-0.4, -0.2) is 51.5 Å². The van der Waals surface area contributed by atoms with Gasteiger partial charge in [0.05, 0.1) is 12.1 Å². The van der Waals surface area contributed by atoms with Crippen LogP contribution in [0.1, 0.15) is 57.2 Å². The molecule has 3 heterocycles. The molecule has 4 rings (SSSR count). The number of nitrogens with zero attached hydrogens (tertiary/aromatic N) is 4. The third-order valence-corrected chi connectivity index (χ3v) is 5.89. The van der Waals surface area contributed by atoms with Gasteiger partial charge in [-0.15, -0.1) is 10.2 Å². The summed E-state index contributed by atoms with van der Waals surface area (Å²) in [7, 11) is 1.83. The first-order valence-electron chi connectivity index (χ1n) is 9.79. The molecule has 1 aliphatic heterocycles. The summed E-state index contributed by atoms with van der Waals surface area (Å²) < 4.78 is 18.0. The van der Waals surface area contributed by atoms with Crippen molar-refractivity contribution < 1.29 is 13.9 Å². The molecule has 0 aromatic carbocycles. The van der Waals surface area contributed by atoms with E-state index in [0.29, 0.717) is 24.2 Å². The van der Waals surface area contributed by atoms with Crippen LogP contribution in [0.3, 0.4) is 0 Å². The van der Waals surface area contributed by atoms with Gasteiger partial charge in [0.2, 0.25) is 17.7 Å². The maximum Gasteiger partial charge on any atom is 0.230 e. The SMILES string of the molecule is COC12CCC(Oc3ccccn3)CC1N(Cc1nnc(C(C)C)o1)CC2. The van der Waals surface area contributed by atoms with Crippen LogP contribution < -0.4 is 4.74 Å². The summed E-state index contributed by atoms with van der Waals surface area (Å²) in [4.78, 5) is 6.71. The topological polar surface area (TPSA) is 73.5 Å². The van der Waals surface area contributed by atoms with E-state index in [1.54, 1.807) is 6.20 Å². The second kappa shape index (κ2) is 7.56.